The molecule has 0 spiro atoms. The Hall–Kier alpha value is -0.340. The Balaban J connectivity index is 2.21. The normalized spacial score (nSPS) is 44.4. The van der Waals surface area contributed by atoms with E-state index in [9.17, 15) is 5.11 Å². The lowest BCUT2D eigenvalue weighted by Crippen LogP contribution is -2.32. The van der Waals surface area contributed by atoms with Gasteiger partial charge in [-0.25, -0.2) is 0 Å². The molecule has 0 amide bonds. The van der Waals surface area contributed by atoms with E-state index in [4.69, 9.17) is 5.11 Å². The van der Waals surface area contributed by atoms with Crippen LogP contribution in [0, 0.1) is 11.8 Å². The summed E-state index contributed by atoms with van der Waals surface area (Å²) in [7, 11) is 0. The summed E-state index contributed by atoms with van der Waals surface area (Å²) in [5.41, 5.74) is 0.592. The van der Waals surface area contributed by atoms with Gasteiger partial charge in [-0.2, -0.15) is 0 Å². The van der Waals surface area contributed by atoms with Crippen LogP contribution in [0.1, 0.15) is 32.6 Å². The van der Waals surface area contributed by atoms with Gasteiger partial charge in [0.1, 0.15) is 0 Å². The maximum atomic E-state index is 10.1. The molecule has 3 atom stereocenters. The highest BCUT2D eigenvalue weighted by atomic mass is 16.3. The van der Waals surface area contributed by atoms with Crippen molar-refractivity contribution in [2.45, 2.75) is 38.2 Å². The predicted molar refractivity (Wildman–Crippen MR) is 51.2 cm³/mol. The zero-order chi connectivity index (χ0) is 9.47. The lowest BCUT2D eigenvalue weighted by atomic mass is 9.78. The Kier molecular flexibility index (Phi) is 2.20. The third-order valence-corrected chi connectivity index (χ3v) is 3.70. The third kappa shape index (κ3) is 1.53. The molecule has 2 rings (SSSR count). The molecule has 13 heavy (non-hydrogen) atoms. The first-order valence-corrected chi connectivity index (χ1v) is 5.16. The van der Waals surface area contributed by atoms with Crippen molar-refractivity contribution in [3.63, 3.8) is 0 Å². The molecule has 0 heterocycles. The molecule has 0 aromatic heterocycles. The average molecular weight is 182 g/mol. The minimum absolute atomic E-state index is 0.166. The van der Waals surface area contributed by atoms with E-state index < -0.39 is 5.60 Å². The van der Waals surface area contributed by atoms with E-state index in [1.54, 1.807) is 0 Å². The summed E-state index contributed by atoms with van der Waals surface area (Å²) in [6.07, 6.45) is 6.34. The Morgan fingerprint density at radius 3 is 3.00 bits per heavy atom. The van der Waals surface area contributed by atoms with Crippen molar-refractivity contribution >= 4 is 0 Å². The van der Waals surface area contributed by atoms with Gasteiger partial charge in [-0.05, 0) is 44.1 Å². The number of hydrogen-bond acceptors (Lipinski definition) is 2. The highest BCUT2D eigenvalue weighted by molar-refractivity contribution is 5.16. The maximum Gasteiger partial charge on any atom is 0.0684 e. The number of aliphatic hydroxyl groups is 2. The molecule has 2 heteroatoms. The van der Waals surface area contributed by atoms with Gasteiger partial charge in [0.2, 0.25) is 0 Å². The molecule has 1 saturated carbocycles. The van der Waals surface area contributed by atoms with Crippen molar-refractivity contribution in [2.24, 2.45) is 11.8 Å². The van der Waals surface area contributed by atoms with Crippen LogP contribution in [0.5, 0.6) is 0 Å². The van der Waals surface area contributed by atoms with E-state index in [1.165, 1.54) is 0 Å². The molecule has 0 aromatic carbocycles. The van der Waals surface area contributed by atoms with Crippen molar-refractivity contribution in [1.29, 1.82) is 0 Å². The van der Waals surface area contributed by atoms with Crippen LogP contribution < -0.4 is 0 Å². The molecule has 0 radical (unpaired) electrons. The third-order valence-electron chi connectivity index (χ3n) is 3.70. The van der Waals surface area contributed by atoms with E-state index >= 15 is 0 Å². The van der Waals surface area contributed by atoms with Crippen LogP contribution >= 0.6 is 0 Å². The van der Waals surface area contributed by atoms with Gasteiger partial charge >= 0.3 is 0 Å². The van der Waals surface area contributed by atoms with E-state index in [2.05, 4.69) is 6.08 Å². The predicted octanol–water partition coefficient (Wildman–Crippen LogP) is 1.48. The van der Waals surface area contributed by atoms with Gasteiger partial charge in [0.15, 0.2) is 0 Å². The number of rotatable bonds is 1. The lowest BCUT2D eigenvalue weighted by molar-refractivity contribution is 0.0271. The Labute approximate surface area is 79.3 Å². The largest absolute Gasteiger partial charge is 0.392 e. The fourth-order valence-electron chi connectivity index (χ4n) is 2.81. The van der Waals surface area contributed by atoms with Crippen LogP contribution in [0.4, 0.5) is 0 Å². The summed E-state index contributed by atoms with van der Waals surface area (Å²) in [6.45, 7) is 2.09. The molecular formula is C11H18O2. The molecule has 2 aliphatic rings. The van der Waals surface area contributed by atoms with Gasteiger partial charge in [0.25, 0.3) is 0 Å². The van der Waals surface area contributed by atoms with Crippen molar-refractivity contribution in [3.8, 4) is 0 Å². The van der Waals surface area contributed by atoms with Crippen LogP contribution in [-0.4, -0.2) is 22.4 Å². The number of hydrogen-bond donors (Lipinski definition) is 2. The second-order valence-corrected chi connectivity index (χ2v) is 4.70. The van der Waals surface area contributed by atoms with E-state index in [-0.39, 0.29) is 6.61 Å². The zero-order valence-corrected chi connectivity index (χ0v) is 8.16. The number of aliphatic hydroxyl groups excluding tert-OH is 1. The van der Waals surface area contributed by atoms with Gasteiger partial charge in [0.05, 0.1) is 12.2 Å². The maximum absolute atomic E-state index is 10.1. The second kappa shape index (κ2) is 3.10. The van der Waals surface area contributed by atoms with Crippen molar-refractivity contribution in [2.75, 3.05) is 6.61 Å². The zero-order valence-electron chi connectivity index (χ0n) is 8.16. The molecule has 0 saturated heterocycles. The van der Waals surface area contributed by atoms with Gasteiger partial charge in [-0.15, -0.1) is 0 Å². The summed E-state index contributed by atoms with van der Waals surface area (Å²) in [6, 6.07) is 0. The van der Waals surface area contributed by atoms with Gasteiger partial charge < -0.3 is 10.2 Å². The van der Waals surface area contributed by atoms with Crippen molar-refractivity contribution in [3.05, 3.63) is 11.6 Å². The minimum atomic E-state index is -0.522. The summed E-state index contributed by atoms with van der Waals surface area (Å²) in [5.74, 6) is 0.952. The first kappa shape index (κ1) is 9.22. The van der Waals surface area contributed by atoms with Crippen LogP contribution in [0.15, 0.2) is 11.6 Å². The Morgan fingerprint density at radius 2 is 2.31 bits per heavy atom. The molecule has 0 aliphatic heterocycles. The molecule has 1 fully saturated rings. The standard InChI is InChI=1S/C11H18O2/c1-11(13)5-4-9-3-2-8(7-12)6-10(9)11/h6,9-10,12-13H,2-5,7H2,1H3. The molecular weight excluding hydrogens is 164 g/mol. The lowest BCUT2D eigenvalue weighted by Gasteiger charge is -2.31. The quantitative estimate of drug-likeness (QED) is 0.603. The molecule has 3 unspecified atom stereocenters. The molecule has 2 N–H and O–H groups in total. The van der Waals surface area contributed by atoms with Crippen LogP contribution in [0.2, 0.25) is 0 Å². The van der Waals surface area contributed by atoms with Crippen molar-refractivity contribution < 1.29 is 10.2 Å². The van der Waals surface area contributed by atoms with Crippen LogP contribution in [0.3, 0.4) is 0 Å². The highest BCUT2D eigenvalue weighted by Crippen LogP contribution is 2.46. The second-order valence-electron chi connectivity index (χ2n) is 4.70. The molecule has 2 aliphatic carbocycles. The van der Waals surface area contributed by atoms with Crippen molar-refractivity contribution in [1.82, 2.24) is 0 Å². The summed E-state index contributed by atoms with van der Waals surface area (Å²) in [4.78, 5) is 0. The minimum Gasteiger partial charge on any atom is -0.392 e. The van der Waals surface area contributed by atoms with Crippen LogP contribution in [-0.2, 0) is 0 Å². The highest BCUT2D eigenvalue weighted by Gasteiger charge is 2.43. The van der Waals surface area contributed by atoms with E-state index in [0.29, 0.717) is 11.8 Å². The fourth-order valence-corrected chi connectivity index (χ4v) is 2.81. The van der Waals surface area contributed by atoms with E-state index in [0.717, 1.165) is 31.3 Å². The fraction of sp³-hybridized carbons (Fsp3) is 0.818. The van der Waals surface area contributed by atoms with Crippen LogP contribution in [0.25, 0.3) is 0 Å². The van der Waals surface area contributed by atoms with E-state index in [1.807, 2.05) is 6.92 Å². The summed E-state index contributed by atoms with van der Waals surface area (Å²) < 4.78 is 0. The SMILES string of the molecule is CC1(O)CCC2CCC(CO)=CC21. The topological polar surface area (TPSA) is 40.5 Å². The summed E-state index contributed by atoms with van der Waals surface area (Å²) in [5, 5.41) is 19.1. The first-order chi connectivity index (χ1) is 6.13. The molecule has 74 valence electrons. The smallest absolute Gasteiger partial charge is 0.0684 e. The molecule has 0 aromatic rings. The van der Waals surface area contributed by atoms with Gasteiger partial charge in [-0.3, -0.25) is 0 Å². The monoisotopic (exact) mass is 182 g/mol. The molecule has 2 nitrogen and oxygen atoms in total. The van der Waals surface area contributed by atoms with Gasteiger partial charge in [-0.1, -0.05) is 6.08 Å². The number of fused-ring (bicyclic) bond motifs is 1. The summed E-state index contributed by atoms with van der Waals surface area (Å²) >= 11 is 0. The van der Waals surface area contributed by atoms with Gasteiger partial charge in [0, 0.05) is 5.92 Å². The first-order valence-electron chi connectivity index (χ1n) is 5.16. The Bertz CT molecular complexity index is 230. The average Bonchev–Trinajstić information content (AvgIpc) is 2.42. The Morgan fingerprint density at radius 1 is 1.54 bits per heavy atom. The molecule has 0 bridgehead atoms.